The molecular weight excluding hydrogens is 985 g/mol. The van der Waals surface area contributed by atoms with E-state index >= 15 is 0 Å². The Hall–Kier alpha value is -7.07. The van der Waals surface area contributed by atoms with E-state index in [0.29, 0.717) is 87.9 Å². The number of aromatic nitrogens is 1. The summed E-state index contributed by atoms with van der Waals surface area (Å²) < 4.78 is 22.8. The van der Waals surface area contributed by atoms with Gasteiger partial charge in [0, 0.05) is 52.2 Å². The predicted octanol–water partition coefficient (Wildman–Crippen LogP) is 10.5. The van der Waals surface area contributed by atoms with Gasteiger partial charge in [-0.05, 0) is 133 Å². The Kier molecular flexibility index (Phi) is 19.7. The SMILES string of the molecule is CCOC(=O)C1=C(C)NC(C)=C(C(=O)OCC)C1c1ccccc1/C=C/C(=O)OC(C)(C)C.COc1ccc2c(c1)c(CC(=O)O)c(C)n2C(=O)c1ccc(Cl)cc1.Clc1cccc(Cl)c1N=C1NCCN1. The number of carboxylic acid groups (broad SMARTS) is 1. The number of nitrogens with one attached hydrogen (secondary N) is 3. The third kappa shape index (κ3) is 14.3. The summed E-state index contributed by atoms with van der Waals surface area (Å²) in [5, 5.41) is 20.9. The number of esters is 3. The van der Waals surface area contributed by atoms with Crippen molar-refractivity contribution in [2.24, 2.45) is 4.99 Å². The highest BCUT2D eigenvalue weighted by Gasteiger charge is 2.38. The van der Waals surface area contributed by atoms with Gasteiger partial charge < -0.3 is 40.0 Å². The molecule has 4 aromatic carbocycles. The van der Waals surface area contributed by atoms with E-state index in [1.54, 1.807) is 129 Å². The summed E-state index contributed by atoms with van der Waals surface area (Å²) in [6.45, 7) is 16.3. The van der Waals surface area contributed by atoms with Gasteiger partial charge in [-0.25, -0.2) is 19.4 Å². The van der Waals surface area contributed by atoms with Crippen molar-refractivity contribution >= 4 is 93.2 Å². The molecule has 1 aromatic heterocycles. The lowest BCUT2D eigenvalue weighted by Crippen LogP contribution is -2.32. The number of carbonyl (C=O) groups excluding carboxylic acids is 4. The lowest BCUT2D eigenvalue weighted by molar-refractivity contribution is -0.148. The molecular formula is C54H58Cl3N5O10. The minimum Gasteiger partial charge on any atom is -0.497 e. The van der Waals surface area contributed by atoms with E-state index < -0.39 is 35.4 Å². The molecule has 380 valence electrons. The summed E-state index contributed by atoms with van der Waals surface area (Å²) in [5.74, 6) is -2.12. The van der Waals surface area contributed by atoms with Crippen LogP contribution in [0.4, 0.5) is 5.69 Å². The van der Waals surface area contributed by atoms with E-state index in [0.717, 1.165) is 19.0 Å². The van der Waals surface area contributed by atoms with Gasteiger partial charge in [-0.3, -0.25) is 14.2 Å². The zero-order valence-electron chi connectivity index (χ0n) is 41.5. The molecule has 0 bridgehead atoms. The van der Waals surface area contributed by atoms with Crippen LogP contribution in [0, 0.1) is 6.92 Å². The molecule has 0 unspecified atom stereocenters. The van der Waals surface area contributed by atoms with Gasteiger partial charge in [0.05, 0.1) is 59.4 Å². The number of carbonyl (C=O) groups is 5. The van der Waals surface area contributed by atoms with Crippen LogP contribution in [-0.2, 0) is 39.8 Å². The molecule has 1 saturated heterocycles. The van der Waals surface area contributed by atoms with Gasteiger partial charge in [0.2, 0.25) is 0 Å². The van der Waals surface area contributed by atoms with Gasteiger partial charge in [0.1, 0.15) is 17.0 Å². The van der Waals surface area contributed by atoms with Crippen molar-refractivity contribution in [3.05, 3.63) is 157 Å². The number of methoxy groups -OCH3 is 1. The van der Waals surface area contributed by atoms with Crippen molar-refractivity contribution < 1.29 is 48.0 Å². The molecule has 18 heteroatoms. The Morgan fingerprint density at radius 2 is 1.39 bits per heavy atom. The number of halogens is 3. The number of fused-ring (bicyclic) bond motifs is 1. The number of benzene rings is 4. The van der Waals surface area contributed by atoms with Crippen LogP contribution in [0.2, 0.25) is 15.1 Å². The van der Waals surface area contributed by atoms with E-state index in [-0.39, 0.29) is 25.5 Å². The molecule has 72 heavy (non-hydrogen) atoms. The number of dihydropyridines is 1. The smallest absolute Gasteiger partial charge is 0.336 e. The fraction of sp³-hybridized carbons (Fsp3) is 0.296. The molecule has 3 heterocycles. The molecule has 0 aliphatic carbocycles. The Bertz CT molecular complexity index is 2900. The second kappa shape index (κ2) is 25.4. The molecule has 0 amide bonds. The summed E-state index contributed by atoms with van der Waals surface area (Å²) in [7, 11) is 1.54. The van der Waals surface area contributed by atoms with E-state index in [4.69, 9.17) is 53.8 Å². The van der Waals surface area contributed by atoms with Crippen molar-refractivity contribution in [2.75, 3.05) is 33.4 Å². The average molecular weight is 1040 g/mol. The monoisotopic (exact) mass is 1040 g/mol. The number of carboxylic acids is 1. The fourth-order valence-electron chi connectivity index (χ4n) is 7.84. The van der Waals surface area contributed by atoms with Crippen molar-refractivity contribution in [1.82, 2.24) is 20.5 Å². The van der Waals surface area contributed by atoms with Crippen LogP contribution in [0.5, 0.6) is 5.75 Å². The average Bonchev–Trinajstić information content (AvgIpc) is 3.94. The Morgan fingerprint density at radius 1 is 0.806 bits per heavy atom. The number of aliphatic imine (C=N–C) groups is 1. The number of rotatable bonds is 12. The molecule has 7 rings (SSSR count). The quantitative estimate of drug-likeness (QED) is 0.0524. The van der Waals surface area contributed by atoms with Crippen LogP contribution in [0.15, 0.2) is 119 Å². The number of allylic oxidation sites excluding steroid dienone is 2. The first-order chi connectivity index (χ1) is 34.2. The predicted molar refractivity (Wildman–Crippen MR) is 281 cm³/mol. The van der Waals surface area contributed by atoms with Crippen LogP contribution in [-0.4, -0.2) is 84.4 Å². The molecule has 0 atom stereocenters. The number of ether oxygens (including phenoxy) is 4. The molecule has 15 nitrogen and oxygen atoms in total. The van der Waals surface area contributed by atoms with Crippen LogP contribution in [0.1, 0.15) is 87.1 Å². The lowest BCUT2D eigenvalue weighted by Gasteiger charge is -2.31. The minimum atomic E-state index is -0.955. The first-order valence-electron chi connectivity index (χ1n) is 22.9. The topological polar surface area (TPSA) is 196 Å². The van der Waals surface area contributed by atoms with Crippen molar-refractivity contribution in [3.8, 4) is 5.75 Å². The summed E-state index contributed by atoms with van der Waals surface area (Å²) in [5.41, 5.74) is 5.47. The van der Waals surface area contributed by atoms with E-state index in [2.05, 4.69) is 20.9 Å². The highest BCUT2D eigenvalue weighted by molar-refractivity contribution is 6.39. The molecule has 5 aromatic rings. The molecule has 0 spiro atoms. The summed E-state index contributed by atoms with van der Waals surface area (Å²) in [6, 6.07) is 24.5. The zero-order chi connectivity index (χ0) is 52.9. The number of hydrogen-bond acceptors (Lipinski definition) is 11. The summed E-state index contributed by atoms with van der Waals surface area (Å²) >= 11 is 17.8. The summed E-state index contributed by atoms with van der Waals surface area (Å²) in [6.07, 6.45) is 2.80. The van der Waals surface area contributed by atoms with Gasteiger partial charge in [-0.1, -0.05) is 65.1 Å². The van der Waals surface area contributed by atoms with Crippen molar-refractivity contribution in [2.45, 2.75) is 73.3 Å². The Morgan fingerprint density at radius 3 is 1.93 bits per heavy atom. The fourth-order valence-corrected chi connectivity index (χ4v) is 8.45. The highest BCUT2D eigenvalue weighted by atomic mass is 35.5. The van der Waals surface area contributed by atoms with Gasteiger partial charge in [-0.15, -0.1) is 0 Å². The molecule has 1 fully saturated rings. The maximum atomic E-state index is 13.0. The minimum absolute atomic E-state index is 0.170. The van der Waals surface area contributed by atoms with Gasteiger partial charge in [0.15, 0.2) is 5.96 Å². The third-order valence-corrected chi connectivity index (χ3v) is 11.8. The summed E-state index contributed by atoms with van der Waals surface area (Å²) in [4.78, 5) is 66.7. The number of para-hydroxylation sites is 1. The molecule has 4 N–H and O–H groups in total. The van der Waals surface area contributed by atoms with Crippen molar-refractivity contribution in [3.63, 3.8) is 0 Å². The Balaban J connectivity index is 0.000000216. The van der Waals surface area contributed by atoms with Crippen LogP contribution >= 0.6 is 34.8 Å². The Labute approximate surface area is 433 Å². The second-order valence-electron chi connectivity index (χ2n) is 17.1. The molecule has 0 saturated carbocycles. The first-order valence-corrected chi connectivity index (χ1v) is 24.1. The standard InChI is InChI=1S/C26H33NO6.C19H16ClNO4.C9H9Cl2N3/c1-8-31-24(29)21-16(3)27-17(4)22(25(30)32-9-2)23(21)19-13-11-10-12-18(19)14-15-20(28)33-26(5,6)7;1-11-15(10-18(22)23)16-9-14(25-2)7-8-17(16)21(11)19(24)12-3-5-13(20)6-4-12;10-6-2-1-3-7(11)8(6)14-9-12-4-5-13-9/h10-15,23,27H,8-9H2,1-7H3;3-9H,10H2,1-2H3,(H,22,23);1-3H,4-5H2,(H2,12,13,14)/b15-14+;;. The number of aliphatic carboxylic acids is 1. The first kappa shape index (κ1) is 55.9. The van der Waals surface area contributed by atoms with Gasteiger partial charge in [0.25, 0.3) is 5.91 Å². The second-order valence-corrected chi connectivity index (χ2v) is 18.4. The van der Waals surface area contributed by atoms with Crippen LogP contribution in [0.3, 0.4) is 0 Å². The van der Waals surface area contributed by atoms with E-state index in [9.17, 15) is 29.1 Å². The van der Waals surface area contributed by atoms with E-state index in [1.807, 2.05) is 24.3 Å². The maximum absolute atomic E-state index is 13.0. The normalized spacial score (nSPS) is 13.5. The number of guanidine groups is 1. The highest BCUT2D eigenvalue weighted by Crippen LogP contribution is 2.41. The van der Waals surface area contributed by atoms with E-state index in [1.165, 1.54) is 10.6 Å². The van der Waals surface area contributed by atoms with Gasteiger partial charge in [-0.2, -0.15) is 0 Å². The molecule has 2 aliphatic rings. The van der Waals surface area contributed by atoms with Crippen LogP contribution < -0.4 is 20.7 Å². The van der Waals surface area contributed by atoms with Gasteiger partial charge >= 0.3 is 23.9 Å². The third-order valence-electron chi connectivity index (χ3n) is 10.9. The van der Waals surface area contributed by atoms with Crippen LogP contribution in [0.25, 0.3) is 17.0 Å². The zero-order valence-corrected chi connectivity index (χ0v) is 43.8. The molecule has 0 radical (unpaired) electrons. The van der Waals surface area contributed by atoms with Crippen molar-refractivity contribution in [1.29, 1.82) is 0 Å². The number of nitrogens with zero attached hydrogens (tertiary/aromatic N) is 2. The largest absolute Gasteiger partial charge is 0.497 e. The number of hydrogen-bond donors (Lipinski definition) is 4. The maximum Gasteiger partial charge on any atom is 0.336 e. The lowest BCUT2D eigenvalue weighted by atomic mass is 9.78. The molecule has 2 aliphatic heterocycles.